The standard InChI is InChI=1S/C17H21NO/c1-12-6-5-7-15(10-12)18-14(3)16-11-13(2)8-9-17(16)19-4/h5-11,14,18H,1-4H3. The van der Waals surface area contributed by atoms with Crippen LogP contribution in [0.1, 0.15) is 29.7 Å². The first-order chi connectivity index (χ1) is 9.10. The average molecular weight is 255 g/mol. The minimum atomic E-state index is 0.205. The van der Waals surface area contributed by atoms with Crippen LogP contribution in [0.2, 0.25) is 0 Å². The smallest absolute Gasteiger partial charge is 0.124 e. The molecule has 0 bridgehead atoms. The van der Waals surface area contributed by atoms with Crippen LogP contribution in [0.25, 0.3) is 0 Å². The number of methoxy groups -OCH3 is 1. The lowest BCUT2D eigenvalue weighted by Gasteiger charge is -2.19. The van der Waals surface area contributed by atoms with Gasteiger partial charge in [0, 0.05) is 11.3 Å². The van der Waals surface area contributed by atoms with Crippen molar-refractivity contribution >= 4 is 5.69 Å². The molecule has 0 spiro atoms. The van der Waals surface area contributed by atoms with Crippen molar-refractivity contribution in [1.29, 1.82) is 0 Å². The Labute approximate surface area is 115 Å². The van der Waals surface area contributed by atoms with Gasteiger partial charge in [0.2, 0.25) is 0 Å². The fourth-order valence-corrected chi connectivity index (χ4v) is 2.25. The third-order valence-corrected chi connectivity index (χ3v) is 3.25. The van der Waals surface area contributed by atoms with Gasteiger partial charge >= 0.3 is 0 Å². The van der Waals surface area contributed by atoms with Gasteiger partial charge in [-0.15, -0.1) is 0 Å². The van der Waals surface area contributed by atoms with Gasteiger partial charge in [-0.05, 0) is 44.5 Å². The van der Waals surface area contributed by atoms with Gasteiger partial charge in [0.15, 0.2) is 0 Å². The van der Waals surface area contributed by atoms with Gasteiger partial charge in [-0.1, -0.05) is 29.8 Å². The number of rotatable bonds is 4. The second-order valence-electron chi connectivity index (χ2n) is 4.98. The SMILES string of the molecule is COc1ccc(C)cc1C(C)Nc1cccc(C)c1. The quantitative estimate of drug-likeness (QED) is 0.869. The maximum atomic E-state index is 5.44. The lowest BCUT2D eigenvalue weighted by molar-refractivity contribution is 0.408. The van der Waals surface area contributed by atoms with Gasteiger partial charge in [-0.25, -0.2) is 0 Å². The maximum Gasteiger partial charge on any atom is 0.124 e. The number of anilines is 1. The first kappa shape index (κ1) is 13.5. The molecule has 0 aromatic heterocycles. The monoisotopic (exact) mass is 255 g/mol. The topological polar surface area (TPSA) is 21.3 Å². The number of hydrogen-bond acceptors (Lipinski definition) is 2. The Hall–Kier alpha value is -1.96. The van der Waals surface area contributed by atoms with Crippen LogP contribution in [0.5, 0.6) is 5.75 Å². The molecule has 19 heavy (non-hydrogen) atoms. The molecular weight excluding hydrogens is 234 g/mol. The molecule has 0 aliphatic rings. The molecule has 0 heterocycles. The molecule has 0 amide bonds. The van der Waals surface area contributed by atoms with E-state index in [1.54, 1.807) is 7.11 Å². The van der Waals surface area contributed by atoms with Crippen LogP contribution in [-0.2, 0) is 0 Å². The van der Waals surface area contributed by atoms with Gasteiger partial charge in [-0.2, -0.15) is 0 Å². The summed E-state index contributed by atoms with van der Waals surface area (Å²) in [4.78, 5) is 0. The number of aryl methyl sites for hydroxylation is 2. The molecule has 2 nitrogen and oxygen atoms in total. The van der Waals surface area contributed by atoms with Gasteiger partial charge < -0.3 is 10.1 Å². The molecule has 1 N–H and O–H groups in total. The molecular formula is C17H21NO. The van der Waals surface area contributed by atoms with Crippen molar-refractivity contribution in [3.63, 3.8) is 0 Å². The highest BCUT2D eigenvalue weighted by molar-refractivity contribution is 5.49. The Morgan fingerprint density at radius 1 is 1.00 bits per heavy atom. The zero-order valence-corrected chi connectivity index (χ0v) is 12.0. The molecule has 1 atom stereocenters. The molecule has 2 aromatic rings. The molecule has 0 saturated heterocycles. The van der Waals surface area contributed by atoms with Gasteiger partial charge in [-0.3, -0.25) is 0 Å². The van der Waals surface area contributed by atoms with Crippen molar-refractivity contribution in [1.82, 2.24) is 0 Å². The second kappa shape index (κ2) is 5.79. The van der Waals surface area contributed by atoms with E-state index in [4.69, 9.17) is 4.74 Å². The van der Waals surface area contributed by atoms with E-state index in [2.05, 4.69) is 62.5 Å². The van der Waals surface area contributed by atoms with Crippen molar-refractivity contribution in [2.75, 3.05) is 12.4 Å². The summed E-state index contributed by atoms with van der Waals surface area (Å²) in [5.41, 5.74) is 4.82. The van der Waals surface area contributed by atoms with Gasteiger partial charge in [0.1, 0.15) is 5.75 Å². The molecule has 0 aliphatic heterocycles. The lowest BCUT2D eigenvalue weighted by Crippen LogP contribution is -2.08. The molecule has 2 rings (SSSR count). The lowest BCUT2D eigenvalue weighted by atomic mass is 10.0. The largest absolute Gasteiger partial charge is 0.496 e. The van der Waals surface area contributed by atoms with Crippen LogP contribution < -0.4 is 10.1 Å². The van der Waals surface area contributed by atoms with Crippen LogP contribution in [0.15, 0.2) is 42.5 Å². The summed E-state index contributed by atoms with van der Waals surface area (Å²) >= 11 is 0. The Kier molecular flexibility index (Phi) is 4.10. The minimum Gasteiger partial charge on any atom is -0.496 e. The number of ether oxygens (including phenoxy) is 1. The Morgan fingerprint density at radius 3 is 2.42 bits per heavy atom. The van der Waals surface area contributed by atoms with Crippen molar-refractivity contribution in [3.05, 3.63) is 59.2 Å². The summed E-state index contributed by atoms with van der Waals surface area (Å²) in [6, 6.07) is 14.9. The van der Waals surface area contributed by atoms with Gasteiger partial charge in [0.05, 0.1) is 13.2 Å². The Balaban J connectivity index is 2.24. The molecule has 0 fully saturated rings. The third-order valence-electron chi connectivity index (χ3n) is 3.25. The fourth-order valence-electron chi connectivity index (χ4n) is 2.25. The number of hydrogen-bond donors (Lipinski definition) is 1. The summed E-state index contributed by atoms with van der Waals surface area (Å²) in [5.74, 6) is 0.929. The van der Waals surface area contributed by atoms with E-state index in [-0.39, 0.29) is 6.04 Å². The summed E-state index contributed by atoms with van der Waals surface area (Å²) < 4.78 is 5.44. The molecule has 0 radical (unpaired) electrons. The number of benzene rings is 2. The Bertz CT molecular complexity index is 563. The van der Waals surface area contributed by atoms with Crippen LogP contribution in [0.3, 0.4) is 0 Å². The molecule has 2 aromatic carbocycles. The summed E-state index contributed by atoms with van der Waals surface area (Å²) in [6.45, 7) is 6.35. The number of nitrogens with one attached hydrogen (secondary N) is 1. The van der Waals surface area contributed by atoms with Crippen LogP contribution >= 0.6 is 0 Å². The molecule has 100 valence electrons. The highest BCUT2D eigenvalue weighted by Gasteiger charge is 2.11. The maximum absolute atomic E-state index is 5.44. The van der Waals surface area contributed by atoms with E-state index in [0.717, 1.165) is 11.4 Å². The van der Waals surface area contributed by atoms with E-state index in [1.165, 1.54) is 16.7 Å². The van der Waals surface area contributed by atoms with Crippen molar-refractivity contribution in [3.8, 4) is 5.75 Å². The van der Waals surface area contributed by atoms with E-state index in [9.17, 15) is 0 Å². The van der Waals surface area contributed by atoms with Crippen molar-refractivity contribution < 1.29 is 4.74 Å². The third kappa shape index (κ3) is 3.28. The second-order valence-corrected chi connectivity index (χ2v) is 4.98. The minimum absolute atomic E-state index is 0.205. The van der Waals surface area contributed by atoms with Gasteiger partial charge in [0.25, 0.3) is 0 Å². The zero-order chi connectivity index (χ0) is 13.8. The van der Waals surface area contributed by atoms with Crippen molar-refractivity contribution in [2.24, 2.45) is 0 Å². The van der Waals surface area contributed by atoms with E-state index >= 15 is 0 Å². The Morgan fingerprint density at radius 2 is 1.74 bits per heavy atom. The van der Waals surface area contributed by atoms with E-state index in [1.807, 2.05) is 6.07 Å². The first-order valence-electron chi connectivity index (χ1n) is 6.58. The fraction of sp³-hybridized carbons (Fsp3) is 0.294. The summed E-state index contributed by atoms with van der Waals surface area (Å²) in [5, 5.41) is 3.52. The average Bonchev–Trinajstić information content (AvgIpc) is 2.38. The zero-order valence-electron chi connectivity index (χ0n) is 12.0. The summed E-state index contributed by atoms with van der Waals surface area (Å²) in [6.07, 6.45) is 0. The molecule has 0 aliphatic carbocycles. The van der Waals surface area contributed by atoms with Crippen LogP contribution in [0, 0.1) is 13.8 Å². The predicted molar refractivity (Wildman–Crippen MR) is 80.9 cm³/mol. The van der Waals surface area contributed by atoms with Crippen LogP contribution in [-0.4, -0.2) is 7.11 Å². The highest BCUT2D eigenvalue weighted by atomic mass is 16.5. The van der Waals surface area contributed by atoms with Crippen molar-refractivity contribution in [2.45, 2.75) is 26.8 Å². The van der Waals surface area contributed by atoms with E-state index in [0.29, 0.717) is 0 Å². The predicted octanol–water partition coefficient (Wildman–Crippen LogP) is 4.49. The summed E-state index contributed by atoms with van der Waals surface area (Å²) in [7, 11) is 1.72. The highest BCUT2D eigenvalue weighted by Crippen LogP contribution is 2.28. The normalized spacial score (nSPS) is 12.0. The van der Waals surface area contributed by atoms with Crippen LogP contribution in [0.4, 0.5) is 5.69 Å². The molecule has 2 heteroatoms. The first-order valence-corrected chi connectivity index (χ1v) is 6.58. The molecule has 1 unspecified atom stereocenters. The molecule has 0 saturated carbocycles. The van der Waals surface area contributed by atoms with E-state index < -0.39 is 0 Å².